The van der Waals surface area contributed by atoms with E-state index in [9.17, 15) is 0 Å². The van der Waals surface area contributed by atoms with Gasteiger partial charge in [-0.3, -0.25) is 0 Å². The van der Waals surface area contributed by atoms with Crippen LogP contribution in [0.25, 0.3) is 11.0 Å². The molecule has 1 N–H and O–H groups in total. The van der Waals surface area contributed by atoms with Gasteiger partial charge in [0.1, 0.15) is 5.82 Å². The van der Waals surface area contributed by atoms with Crippen LogP contribution in [-0.4, -0.2) is 21.3 Å². The first kappa shape index (κ1) is 11.1. The molecule has 1 aromatic carbocycles. The van der Waals surface area contributed by atoms with E-state index >= 15 is 0 Å². The predicted molar refractivity (Wildman–Crippen MR) is 68.4 cm³/mol. The van der Waals surface area contributed by atoms with Gasteiger partial charge in [0.2, 0.25) is 0 Å². The van der Waals surface area contributed by atoms with Crippen molar-refractivity contribution in [3.63, 3.8) is 0 Å². The average molecular weight is 251 g/mol. The van der Waals surface area contributed by atoms with E-state index in [1.807, 2.05) is 18.2 Å². The molecule has 0 amide bonds. The molecule has 0 unspecified atom stereocenters. The van der Waals surface area contributed by atoms with Gasteiger partial charge in [-0.25, -0.2) is 4.98 Å². The molecule has 0 bridgehead atoms. The molecule has 17 heavy (non-hydrogen) atoms. The molecule has 2 aromatic rings. The van der Waals surface area contributed by atoms with Gasteiger partial charge >= 0.3 is 0 Å². The van der Waals surface area contributed by atoms with Crippen LogP contribution in [-0.2, 0) is 6.54 Å². The normalized spacial score (nSPS) is 15.6. The van der Waals surface area contributed by atoms with Crippen LogP contribution in [0.3, 0.4) is 0 Å². The predicted octanol–water partition coefficient (Wildman–Crippen LogP) is 2.95. The van der Waals surface area contributed by atoms with Crippen molar-refractivity contribution in [3.05, 3.63) is 29.0 Å². The second-order valence-corrected chi connectivity index (χ2v) is 4.99. The van der Waals surface area contributed by atoms with Gasteiger partial charge in [0, 0.05) is 19.1 Å². The first-order valence-corrected chi connectivity index (χ1v) is 6.44. The number of rotatable bonds is 4. The van der Waals surface area contributed by atoms with Crippen molar-refractivity contribution >= 4 is 22.6 Å². The maximum atomic E-state index is 8.98. The number of aliphatic hydroxyl groups is 1. The number of hydrogen-bond acceptors (Lipinski definition) is 2. The van der Waals surface area contributed by atoms with Gasteiger partial charge < -0.3 is 9.67 Å². The fraction of sp³-hybridized carbons (Fsp3) is 0.462. The lowest BCUT2D eigenvalue weighted by Crippen LogP contribution is -2.04. The SMILES string of the molecule is OCCCn1c(C2CC2)nc2cccc(Cl)c21. The number of halogens is 1. The Morgan fingerprint density at radius 2 is 2.24 bits per heavy atom. The average Bonchev–Trinajstić information content (AvgIpc) is 3.09. The van der Waals surface area contributed by atoms with Crippen molar-refractivity contribution in [2.75, 3.05) is 6.61 Å². The van der Waals surface area contributed by atoms with Gasteiger partial charge in [-0.2, -0.15) is 0 Å². The summed E-state index contributed by atoms with van der Waals surface area (Å²) in [7, 11) is 0. The summed E-state index contributed by atoms with van der Waals surface area (Å²) in [6.45, 7) is 0.997. The minimum absolute atomic E-state index is 0.203. The number of benzene rings is 1. The van der Waals surface area contributed by atoms with Gasteiger partial charge in [0.25, 0.3) is 0 Å². The lowest BCUT2D eigenvalue weighted by atomic mass is 10.3. The molecule has 1 fully saturated rings. The third kappa shape index (κ3) is 1.94. The third-order valence-electron chi connectivity index (χ3n) is 3.23. The van der Waals surface area contributed by atoms with Crippen LogP contribution in [0.5, 0.6) is 0 Å². The van der Waals surface area contributed by atoms with Gasteiger partial charge in [-0.1, -0.05) is 17.7 Å². The van der Waals surface area contributed by atoms with Crippen molar-refractivity contribution < 1.29 is 5.11 Å². The first-order chi connectivity index (χ1) is 8.31. The zero-order chi connectivity index (χ0) is 11.8. The molecular formula is C13H15ClN2O. The first-order valence-electron chi connectivity index (χ1n) is 6.07. The minimum atomic E-state index is 0.203. The van der Waals surface area contributed by atoms with E-state index in [-0.39, 0.29) is 6.61 Å². The molecule has 1 aliphatic rings. The number of imidazole rings is 1. The summed E-state index contributed by atoms with van der Waals surface area (Å²) in [6.07, 6.45) is 3.19. The highest BCUT2D eigenvalue weighted by molar-refractivity contribution is 6.35. The maximum absolute atomic E-state index is 8.98. The van der Waals surface area contributed by atoms with Crippen molar-refractivity contribution in [3.8, 4) is 0 Å². The summed E-state index contributed by atoms with van der Waals surface area (Å²) >= 11 is 6.26. The molecule has 0 saturated heterocycles. The van der Waals surface area contributed by atoms with Crippen LogP contribution in [0, 0.1) is 0 Å². The van der Waals surface area contributed by atoms with Crippen molar-refractivity contribution in [1.29, 1.82) is 0 Å². The Morgan fingerprint density at radius 3 is 2.94 bits per heavy atom. The number of fused-ring (bicyclic) bond motifs is 1. The zero-order valence-electron chi connectivity index (χ0n) is 9.56. The lowest BCUT2D eigenvalue weighted by Gasteiger charge is -2.08. The van der Waals surface area contributed by atoms with Crippen LogP contribution < -0.4 is 0 Å². The Labute approximate surface area is 105 Å². The topological polar surface area (TPSA) is 38.0 Å². The van der Waals surface area contributed by atoms with Crippen molar-refractivity contribution in [2.45, 2.75) is 31.7 Å². The Morgan fingerprint density at radius 1 is 1.41 bits per heavy atom. The highest BCUT2D eigenvalue weighted by Crippen LogP contribution is 2.41. The quantitative estimate of drug-likeness (QED) is 0.906. The maximum Gasteiger partial charge on any atom is 0.113 e. The van der Waals surface area contributed by atoms with Crippen LogP contribution >= 0.6 is 11.6 Å². The molecule has 90 valence electrons. The van der Waals surface area contributed by atoms with E-state index in [0.29, 0.717) is 5.92 Å². The standard InChI is InChI=1S/C13H15ClN2O/c14-10-3-1-4-11-12(10)16(7-2-8-17)13(15-11)9-5-6-9/h1,3-4,9,17H,2,5-8H2. The Balaban J connectivity index is 2.14. The number of nitrogens with zero attached hydrogens (tertiary/aromatic N) is 2. The lowest BCUT2D eigenvalue weighted by molar-refractivity contribution is 0.280. The molecule has 4 heteroatoms. The van der Waals surface area contributed by atoms with Crippen LogP contribution in [0.2, 0.25) is 5.02 Å². The molecule has 0 aliphatic heterocycles. The van der Waals surface area contributed by atoms with Gasteiger partial charge in [-0.05, 0) is 31.4 Å². The fourth-order valence-electron chi connectivity index (χ4n) is 2.27. The van der Waals surface area contributed by atoms with E-state index in [4.69, 9.17) is 16.7 Å². The molecule has 3 nitrogen and oxygen atoms in total. The van der Waals surface area contributed by atoms with Crippen LogP contribution in [0.15, 0.2) is 18.2 Å². The number of aryl methyl sites for hydroxylation is 1. The molecule has 1 heterocycles. The third-order valence-corrected chi connectivity index (χ3v) is 3.53. The molecule has 0 radical (unpaired) electrons. The van der Waals surface area contributed by atoms with E-state index in [1.165, 1.54) is 12.8 Å². The molecule has 1 saturated carbocycles. The van der Waals surface area contributed by atoms with E-state index in [0.717, 1.165) is 34.8 Å². The van der Waals surface area contributed by atoms with Gasteiger partial charge in [0.05, 0.1) is 16.1 Å². The van der Waals surface area contributed by atoms with Gasteiger partial charge in [0.15, 0.2) is 0 Å². The summed E-state index contributed by atoms with van der Waals surface area (Å²) in [5, 5.41) is 9.73. The zero-order valence-corrected chi connectivity index (χ0v) is 10.3. The number of para-hydroxylation sites is 1. The Kier molecular flexibility index (Phi) is 2.81. The number of hydrogen-bond donors (Lipinski definition) is 1. The van der Waals surface area contributed by atoms with E-state index < -0.39 is 0 Å². The van der Waals surface area contributed by atoms with E-state index in [1.54, 1.807) is 0 Å². The van der Waals surface area contributed by atoms with Gasteiger partial charge in [-0.15, -0.1) is 0 Å². The second kappa shape index (κ2) is 4.31. The summed E-state index contributed by atoms with van der Waals surface area (Å²) in [6, 6.07) is 5.84. The summed E-state index contributed by atoms with van der Waals surface area (Å²) in [5.41, 5.74) is 1.99. The fourth-order valence-corrected chi connectivity index (χ4v) is 2.54. The minimum Gasteiger partial charge on any atom is -0.396 e. The van der Waals surface area contributed by atoms with E-state index in [2.05, 4.69) is 9.55 Å². The highest BCUT2D eigenvalue weighted by Gasteiger charge is 2.29. The van der Waals surface area contributed by atoms with Crippen molar-refractivity contribution in [2.24, 2.45) is 0 Å². The molecule has 0 spiro atoms. The molecule has 1 aromatic heterocycles. The second-order valence-electron chi connectivity index (χ2n) is 4.58. The van der Waals surface area contributed by atoms with Crippen molar-refractivity contribution in [1.82, 2.24) is 9.55 Å². The highest BCUT2D eigenvalue weighted by atomic mass is 35.5. The largest absolute Gasteiger partial charge is 0.396 e. The molecule has 1 aliphatic carbocycles. The summed E-state index contributed by atoms with van der Waals surface area (Å²) in [4.78, 5) is 4.69. The summed E-state index contributed by atoms with van der Waals surface area (Å²) in [5.74, 6) is 1.73. The smallest absolute Gasteiger partial charge is 0.113 e. The Bertz CT molecular complexity index is 546. The summed E-state index contributed by atoms with van der Waals surface area (Å²) < 4.78 is 2.19. The molecule has 3 rings (SSSR count). The Hall–Kier alpha value is -1.06. The molecular weight excluding hydrogens is 236 g/mol. The number of aliphatic hydroxyl groups excluding tert-OH is 1. The van der Waals surface area contributed by atoms with Crippen LogP contribution in [0.4, 0.5) is 0 Å². The van der Waals surface area contributed by atoms with Crippen LogP contribution in [0.1, 0.15) is 31.0 Å². The molecule has 0 atom stereocenters. The monoisotopic (exact) mass is 250 g/mol. The number of aromatic nitrogens is 2.